The van der Waals surface area contributed by atoms with Crippen LogP contribution in [0.3, 0.4) is 0 Å². The number of thioether (sulfide) groups is 1. The molecule has 0 saturated carbocycles. The Kier molecular flexibility index (Phi) is 4.11. The van der Waals surface area contributed by atoms with Crippen LogP contribution in [0.1, 0.15) is 26.3 Å². The summed E-state index contributed by atoms with van der Waals surface area (Å²) < 4.78 is 0. The maximum absolute atomic E-state index is 3.56. The molecule has 0 spiro atoms. The Labute approximate surface area is 127 Å². The zero-order valence-corrected chi connectivity index (χ0v) is 13.7. The van der Waals surface area contributed by atoms with Gasteiger partial charge in [-0.3, -0.25) is 4.90 Å². The Balaban J connectivity index is 1.66. The summed E-state index contributed by atoms with van der Waals surface area (Å²) in [6, 6.07) is 9.56. The first kappa shape index (κ1) is 14.4. The van der Waals surface area contributed by atoms with Gasteiger partial charge in [0, 0.05) is 42.4 Å². The minimum Gasteiger partial charge on any atom is -0.314 e. The number of rotatable bonds is 2. The molecule has 2 heterocycles. The van der Waals surface area contributed by atoms with E-state index in [0.29, 0.717) is 11.5 Å². The molecule has 1 aromatic rings. The summed E-state index contributed by atoms with van der Waals surface area (Å²) in [7, 11) is 0. The van der Waals surface area contributed by atoms with Gasteiger partial charge in [0.25, 0.3) is 0 Å². The molecular formula is C17H26N2S. The normalized spacial score (nSPS) is 27.6. The van der Waals surface area contributed by atoms with Crippen LogP contribution in [0.15, 0.2) is 29.2 Å². The fourth-order valence-electron chi connectivity index (χ4n) is 3.44. The lowest BCUT2D eigenvalue weighted by Gasteiger charge is -2.44. The van der Waals surface area contributed by atoms with Crippen molar-refractivity contribution in [2.45, 2.75) is 43.4 Å². The third-order valence-electron chi connectivity index (χ3n) is 4.51. The van der Waals surface area contributed by atoms with Crippen molar-refractivity contribution in [2.24, 2.45) is 5.41 Å². The molecule has 20 heavy (non-hydrogen) atoms. The second-order valence-corrected chi connectivity index (χ2v) is 8.47. The van der Waals surface area contributed by atoms with Gasteiger partial charge in [-0.25, -0.2) is 0 Å². The molecular weight excluding hydrogens is 264 g/mol. The van der Waals surface area contributed by atoms with Crippen LogP contribution < -0.4 is 5.32 Å². The number of nitrogens with one attached hydrogen (secondary N) is 1. The molecule has 2 aliphatic rings. The van der Waals surface area contributed by atoms with Crippen LogP contribution in [0.4, 0.5) is 0 Å². The van der Waals surface area contributed by atoms with Crippen LogP contribution in [0.5, 0.6) is 0 Å². The largest absolute Gasteiger partial charge is 0.314 e. The third-order valence-corrected chi connectivity index (χ3v) is 5.81. The minimum atomic E-state index is 0.351. The van der Waals surface area contributed by atoms with E-state index in [0.717, 1.165) is 18.3 Å². The second-order valence-electron chi connectivity index (χ2n) is 7.13. The third kappa shape index (κ3) is 3.05. The number of nitrogens with zero attached hydrogens (tertiary/aromatic N) is 1. The summed E-state index contributed by atoms with van der Waals surface area (Å²) in [5.74, 6) is 0. The summed E-state index contributed by atoms with van der Waals surface area (Å²) in [4.78, 5) is 4.22. The molecule has 3 rings (SSSR count). The molecule has 110 valence electrons. The lowest BCUT2D eigenvalue weighted by Crippen LogP contribution is -2.57. The van der Waals surface area contributed by atoms with Crippen molar-refractivity contribution in [3.63, 3.8) is 0 Å². The first-order valence-electron chi connectivity index (χ1n) is 7.73. The van der Waals surface area contributed by atoms with E-state index < -0.39 is 0 Å². The quantitative estimate of drug-likeness (QED) is 0.901. The van der Waals surface area contributed by atoms with Crippen molar-refractivity contribution in [2.75, 3.05) is 26.2 Å². The average molecular weight is 290 g/mol. The van der Waals surface area contributed by atoms with Gasteiger partial charge in [-0.05, 0) is 23.5 Å². The zero-order chi connectivity index (χ0) is 14.2. The van der Waals surface area contributed by atoms with Crippen molar-refractivity contribution in [1.82, 2.24) is 10.2 Å². The molecule has 0 amide bonds. The topological polar surface area (TPSA) is 15.3 Å². The van der Waals surface area contributed by atoms with Crippen molar-refractivity contribution in [3.8, 4) is 0 Å². The Morgan fingerprint density at radius 2 is 2.10 bits per heavy atom. The summed E-state index contributed by atoms with van der Waals surface area (Å²) >= 11 is 2.08. The Morgan fingerprint density at radius 1 is 1.30 bits per heavy atom. The number of fused-ring (bicyclic) bond motifs is 1. The van der Waals surface area contributed by atoms with E-state index >= 15 is 0 Å². The van der Waals surface area contributed by atoms with Crippen LogP contribution >= 0.6 is 11.8 Å². The minimum absolute atomic E-state index is 0.351. The van der Waals surface area contributed by atoms with Gasteiger partial charge >= 0.3 is 0 Å². The predicted molar refractivity (Wildman–Crippen MR) is 87.5 cm³/mol. The molecule has 0 aliphatic carbocycles. The molecule has 2 aliphatic heterocycles. The zero-order valence-electron chi connectivity index (χ0n) is 12.9. The van der Waals surface area contributed by atoms with Crippen molar-refractivity contribution >= 4 is 11.8 Å². The molecule has 1 saturated heterocycles. The summed E-state index contributed by atoms with van der Waals surface area (Å²) in [6.45, 7) is 11.8. The highest BCUT2D eigenvalue weighted by Gasteiger charge is 2.34. The van der Waals surface area contributed by atoms with E-state index in [4.69, 9.17) is 0 Å². The summed E-state index contributed by atoms with van der Waals surface area (Å²) in [5.41, 5.74) is 1.90. The van der Waals surface area contributed by atoms with Gasteiger partial charge < -0.3 is 5.32 Å². The highest BCUT2D eigenvalue weighted by Crippen LogP contribution is 2.38. The van der Waals surface area contributed by atoms with Crippen molar-refractivity contribution in [1.29, 1.82) is 0 Å². The Bertz CT molecular complexity index is 441. The molecule has 1 N–H and O–H groups in total. The summed E-state index contributed by atoms with van der Waals surface area (Å²) in [6.07, 6.45) is 1.24. The first-order valence-corrected chi connectivity index (χ1v) is 8.61. The Morgan fingerprint density at radius 3 is 2.85 bits per heavy atom. The van der Waals surface area contributed by atoms with E-state index in [1.54, 1.807) is 5.56 Å². The molecule has 1 fully saturated rings. The monoisotopic (exact) mass is 290 g/mol. The van der Waals surface area contributed by atoms with Crippen LogP contribution in [0.2, 0.25) is 0 Å². The fraction of sp³-hybridized carbons (Fsp3) is 0.647. The lowest BCUT2D eigenvalue weighted by molar-refractivity contribution is 0.0761. The van der Waals surface area contributed by atoms with Crippen molar-refractivity contribution < 1.29 is 0 Å². The maximum atomic E-state index is 3.56. The fourth-order valence-corrected chi connectivity index (χ4v) is 4.78. The highest BCUT2D eigenvalue weighted by atomic mass is 32.2. The molecule has 1 aromatic carbocycles. The van der Waals surface area contributed by atoms with Crippen LogP contribution in [-0.4, -0.2) is 42.4 Å². The molecule has 0 radical (unpaired) electrons. The second kappa shape index (κ2) is 5.70. The van der Waals surface area contributed by atoms with Crippen LogP contribution in [-0.2, 0) is 6.42 Å². The van der Waals surface area contributed by atoms with Gasteiger partial charge in [-0.1, -0.05) is 39.0 Å². The molecule has 2 atom stereocenters. The molecule has 2 unspecified atom stereocenters. The van der Waals surface area contributed by atoms with Gasteiger partial charge in [0.15, 0.2) is 0 Å². The van der Waals surface area contributed by atoms with Crippen molar-refractivity contribution in [3.05, 3.63) is 29.8 Å². The SMILES string of the molecule is CC(C)(C)C1CNCCN1CC1Cc2ccccc2S1. The van der Waals surface area contributed by atoms with E-state index in [2.05, 4.69) is 67.0 Å². The van der Waals surface area contributed by atoms with Gasteiger partial charge in [-0.15, -0.1) is 11.8 Å². The molecule has 3 heteroatoms. The lowest BCUT2D eigenvalue weighted by atomic mass is 9.84. The number of hydrogen-bond donors (Lipinski definition) is 1. The average Bonchev–Trinajstić information content (AvgIpc) is 2.80. The predicted octanol–water partition coefficient (Wildman–Crippen LogP) is 3.02. The van der Waals surface area contributed by atoms with Gasteiger partial charge in [0.2, 0.25) is 0 Å². The molecule has 0 aromatic heterocycles. The smallest absolute Gasteiger partial charge is 0.0270 e. The number of benzene rings is 1. The van der Waals surface area contributed by atoms with E-state index in [1.807, 2.05) is 0 Å². The maximum Gasteiger partial charge on any atom is 0.0270 e. The molecule has 0 bridgehead atoms. The number of piperazine rings is 1. The molecule has 2 nitrogen and oxygen atoms in total. The van der Waals surface area contributed by atoms with Crippen LogP contribution in [0, 0.1) is 5.41 Å². The summed E-state index contributed by atoms with van der Waals surface area (Å²) in [5, 5.41) is 4.30. The highest BCUT2D eigenvalue weighted by molar-refractivity contribution is 8.00. The van der Waals surface area contributed by atoms with Gasteiger partial charge in [-0.2, -0.15) is 0 Å². The Hall–Kier alpha value is -0.510. The van der Waals surface area contributed by atoms with E-state index in [1.165, 1.54) is 24.4 Å². The van der Waals surface area contributed by atoms with E-state index in [-0.39, 0.29) is 0 Å². The first-order chi connectivity index (χ1) is 9.54. The number of hydrogen-bond acceptors (Lipinski definition) is 3. The van der Waals surface area contributed by atoms with Gasteiger partial charge in [0.1, 0.15) is 0 Å². The van der Waals surface area contributed by atoms with Gasteiger partial charge in [0.05, 0.1) is 0 Å². The standard InChI is InChI=1S/C17H26N2S/c1-17(2,3)16-11-18-8-9-19(16)12-14-10-13-6-4-5-7-15(13)20-14/h4-7,14,16,18H,8-12H2,1-3H3. The van der Waals surface area contributed by atoms with Crippen LogP contribution in [0.25, 0.3) is 0 Å². The van der Waals surface area contributed by atoms with E-state index in [9.17, 15) is 0 Å².